The number of hydrogen-bond acceptors (Lipinski definition) is 6. The third kappa shape index (κ3) is 2.30. The molecule has 9 heteroatoms. The van der Waals surface area contributed by atoms with Crippen LogP contribution in [0.25, 0.3) is 10.9 Å². The number of amides is 3. The average Bonchev–Trinajstić information content (AvgIpc) is 3.21. The standard InChI is InChI=1S/C21H19N4O5/c1-21-18-15(16-11-14(30-2)7-8-17(16)22-18)9-10-23(21)20(27)24(19(21)26)12-3-5-13(6-4-12)25(28)29/h3-8,11,22,28H,9-10H2,1-2H3/q-1/t21-/m0/s1. The van der Waals surface area contributed by atoms with Gasteiger partial charge in [-0.2, -0.15) is 0 Å². The summed E-state index contributed by atoms with van der Waals surface area (Å²) < 4.78 is 5.34. The zero-order valence-corrected chi connectivity index (χ0v) is 16.4. The first-order chi connectivity index (χ1) is 14.4. The van der Waals surface area contributed by atoms with Crippen molar-refractivity contribution in [3.05, 3.63) is 58.9 Å². The molecule has 30 heavy (non-hydrogen) atoms. The SMILES string of the molecule is COc1ccc2[nH]c3c(c2c1)CCN1C(=O)N(c2ccc(N([O-])O)cc2)C(=O)[C@]31C. The number of benzene rings is 2. The Morgan fingerprint density at radius 3 is 2.60 bits per heavy atom. The molecule has 9 nitrogen and oxygen atoms in total. The Kier molecular flexibility index (Phi) is 3.83. The highest BCUT2D eigenvalue weighted by Gasteiger charge is 2.59. The van der Waals surface area contributed by atoms with Gasteiger partial charge in [0.1, 0.15) is 5.75 Å². The quantitative estimate of drug-likeness (QED) is 0.510. The second-order valence-corrected chi connectivity index (χ2v) is 7.58. The monoisotopic (exact) mass is 407 g/mol. The Balaban J connectivity index is 1.62. The van der Waals surface area contributed by atoms with Crippen LogP contribution in [0.5, 0.6) is 5.75 Å². The normalized spacial score (nSPS) is 20.5. The molecule has 2 aliphatic rings. The number of rotatable bonds is 3. The van der Waals surface area contributed by atoms with Crippen LogP contribution in [0.1, 0.15) is 18.2 Å². The number of urea groups is 1. The summed E-state index contributed by atoms with van der Waals surface area (Å²) in [5.41, 5.74) is 1.76. The van der Waals surface area contributed by atoms with Gasteiger partial charge in [-0.05, 0) is 61.4 Å². The molecule has 1 saturated heterocycles. The first-order valence-electron chi connectivity index (χ1n) is 9.47. The number of ether oxygens (including phenoxy) is 1. The van der Waals surface area contributed by atoms with Crippen LogP contribution in [-0.2, 0) is 16.8 Å². The molecule has 1 fully saturated rings. The minimum absolute atomic E-state index is 0.00799. The zero-order valence-electron chi connectivity index (χ0n) is 16.4. The topological polar surface area (TPSA) is 112 Å². The first-order valence-corrected chi connectivity index (χ1v) is 9.47. The molecule has 1 aromatic heterocycles. The molecule has 3 heterocycles. The number of nitrogens with one attached hydrogen (secondary N) is 1. The zero-order chi connectivity index (χ0) is 21.2. The predicted molar refractivity (Wildman–Crippen MR) is 110 cm³/mol. The Morgan fingerprint density at radius 1 is 1.20 bits per heavy atom. The number of hydrogen-bond donors (Lipinski definition) is 2. The van der Waals surface area contributed by atoms with Crippen LogP contribution in [0.2, 0.25) is 0 Å². The van der Waals surface area contributed by atoms with Crippen molar-refractivity contribution in [3.8, 4) is 5.75 Å². The number of aromatic nitrogens is 1. The smallest absolute Gasteiger partial charge is 0.332 e. The Labute approximate surface area is 171 Å². The van der Waals surface area contributed by atoms with Gasteiger partial charge in [0.05, 0.1) is 24.2 Å². The Hall–Kier alpha value is -3.56. The Bertz CT molecular complexity index is 1190. The number of carbonyl (C=O) groups excluding carboxylic acids is 2. The van der Waals surface area contributed by atoms with E-state index in [0.29, 0.717) is 24.3 Å². The highest BCUT2D eigenvalue weighted by atomic mass is 16.8. The number of methoxy groups -OCH3 is 1. The van der Waals surface area contributed by atoms with E-state index in [1.165, 1.54) is 24.3 Å². The van der Waals surface area contributed by atoms with Crippen molar-refractivity contribution in [2.45, 2.75) is 18.9 Å². The molecule has 2 aliphatic heterocycles. The minimum Gasteiger partial charge on any atom is -0.733 e. The number of imide groups is 1. The van der Waals surface area contributed by atoms with Gasteiger partial charge in [0.15, 0.2) is 5.54 Å². The molecule has 2 aromatic carbocycles. The molecule has 2 N–H and O–H groups in total. The van der Waals surface area contributed by atoms with E-state index >= 15 is 0 Å². The third-order valence-corrected chi connectivity index (χ3v) is 6.10. The summed E-state index contributed by atoms with van der Waals surface area (Å²) >= 11 is 0. The molecule has 0 unspecified atom stereocenters. The number of anilines is 2. The summed E-state index contributed by atoms with van der Waals surface area (Å²) in [6.45, 7) is 2.15. The van der Waals surface area contributed by atoms with E-state index < -0.39 is 11.6 Å². The van der Waals surface area contributed by atoms with Crippen molar-refractivity contribution in [2.24, 2.45) is 0 Å². The van der Waals surface area contributed by atoms with Crippen LogP contribution in [0, 0.1) is 5.21 Å². The lowest BCUT2D eigenvalue weighted by Gasteiger charge is -2.35. The van der Waals surface area contributed by atoms with Crippen LogP contribution in [0.15, 0.2) is 42.5 Å². The van der Waals surface area contributed by atoms with Gasteiger partial charge in [-0.15, -0.1) is 0 Å². The first kappa shape index (κ1) is 18.5. The van der Waals surface area contributed by atoms with Gasteiger partial charge in [0.25, 0.3) is 5.91 Å². The lowest BCUT2D eigenvalue weighted by atomic mass is 9.87. The highest BCUT2D eigenvalue weighted by molar-refractivity contribution is 6.23. The van der Waals surface area contributed by atoms with Crippen LogP contribution in [0.3, 0.4) is 0 Å². The molecule has 5 rings (SSSR count). The van der Waals surface area contributed by atoms with E-state index in [4.69, 9.17) is 9.94 Å². The summed E-state index contributed by atoms with van der Waals surface area (Å²) in [7, 11) is 1.61. The summed E-state index contributed by atoms with van der Waals surface area (Å²) in [5, 5.41) is 20.8. The molecule has 0 bridgehead atoms. The predicted octanol–water partition coefficient (Wildman–Crippen LogP) is 3.11. The van der Waals surface area contributed by atoms with Crippen LogP contribution < -0.4 is 14.9 Å². The molecular formula is C21H19N4O5-. The number of aromatic amines is 1. The maximum atomic E-state index is 13.6. The maximum absolute atomic E-state index is 13.6. The fourth-order valence-corrected chi connectivity index (χ4v) is 4.50. The molecule has 1 atom stereocenters. The maximum Gasteiger partial charge on any atom is 0.332 e. The second-order valence-electron chi connectivity index (χ2n) is 7.58. The van der Waals surface area contributed by atoms with Crippen LogP contribution in [0.4, 0.5) is 16.2 Å². The number of fused-ring (bicyclic) bond motifs is 5. The van der Waals surface area contributed by atoms with Gasteiger partial charge in [-0.3, -0.25) is 10.0 Å². The van der Waals surface area contributed by atoms with Gasteiger partial charge in [-0.1, -0.05) is 0 Å². The van der Waals surface area contributed by atoms with Crippen LogP contribution in [-0.4, -0.2) is 40.7 Å². The molecule has 0 radical (unpaired) electrons. The van der Waals surface area contributed by atoms with E-state index in [-0.39, 0.29) is 16.8 Å². The van der Waals surface area contributed by atoms with E-state index in [9.17, 15) is 14.8 Å². The average molecular weight is 407 g/mol. The molecular weight excluding hydrogens is 388 g/mol. The lowest BCUT2D eigenvalue weighted by molar-refractivity contribution is -0.125. The van der Waals surface area contributed by atoms with Gasteiger partial charge >= 0.3 is 6.03 Å². The number of H-pyrrole nitrogens is 1. The van der Waals surface area contributed by atoms with Crippen molar-refractivity contribution in [3.63, 3.8) is 0 Å². The number of carbonyl (C=O) groups is 2. The fourth-order valence-electron chi connectivity index (χ4n) is 4.50. The fraction of sp³-hybridized carbons (Fsp3) is 0.238. The van der Waals surface area contributed by atoms with Crippen molar-refractivity contribution >= 4 is 34.2 Å². The summed E-state index contributed by atoms with van der Waals surface area (Å²) in [6.07, 6.45) is 0.611. The summed E-state index contributed by atoms with van der Waals surface area (Å²) in [4.78, 5) is 32.8. The molecule has 3 amide bonds. The van der Waals surface area contributed by atoms with Crippen molar-refractivity contribution in [1.82, 2.24) is 9.88 Å². The van der Waals surface area contributed by atoms with Gasteiger partial charge in [0, 0.05) is 17.4 Å². The van der Waals surface area contributed by atoms with Crippen molar-refractivity contribution in [1.29, 1.82) is 0 Å². The van der Waals surface area contributed by atoms with E-state index in [2.05, 4.69) is 4.98 Å². The largest absolute Gasteiger partial charge is 0.733 e. The molecule has 0 saturated carbocycles. The molecule has 3 aromatic rings. The van der Waals surface area contributed by atoms with Gasteiger partial charge in [-0.25, -0.2) is 9.69 Å². The van der Waals surface area contributed by atoms with E-state index in [1.807, 2.05) is 18.2 Å². The van der Waals surface area contributed by atoms with Crippen LogP contribution >= 0.6 is 0 Å². The Morgan fingerprint density at radius 2 is 1.93 bits per heavy atom. The third-order valence-electron chi connectivity index (χ3n) is 6.10. The van der Waals surface area contributed by atoms with Gasteiger partial charge in [0.2, 0.25) is 0 Å². The summed E-state index contributed by atoms with van der Waals surface area (Å²) in [6, 6.07) is 10.9. The minimum atomic E-state index is -1.17. The number of nitrogens with zero attached hydrogens (tertiary/aromatic N) is 3. The van der Waals surface area contributed by atoms with E-state index in [1.54, 1.807) is 18.9 Å². The lowest BCUT2D eigenvalue weighted by Crippen LogP contribution is -2.49. The molecule has 154 valence electrons. The van der Waals surface area contributed by atoms with Crippen molar-refractivity contribution < 1.29 is 19.5 Å². The van der Waals surface area contributed by atoms with E-state index in [0.717, 1.165) is 27.1 Å². The van der Waals surface area contributed by atoms with Gasteiger partial charge < -0.3 is 25.1 Å². The second kappa shape index (κ2) is 6.22. The molecule has 0 aliphatic carbocycles. The highest BCUT2D eigenvalue weighted by Crippen LogP contribution is 2.45. The van der Waals surface area contributed by atoms with Crippen molar-refractivity contribution in [2.75, 3.05) is 23.8 Å². The molecule has 0 spiro atoms. The summed E-state index contributed by atoms with van der Waals surface area (Å²) in [5.74, 6) is 0.353.